The molecule has 0 radical (unpaired) electrons. The van der Waals surface area contributed by atoms with Gasteiger partial charge in [0, 0.05) is 5.56 Å². The van der Waals surface area contributed by atoms with Crippen molar-refractivity contribution in [3.8, 4) is 11.5 Å². The number of rotatable bonds is 4. The van der Waals surface area contributed by atoms with Crippen molar-refractivity contribution in [2.24, 2.45) is 0 Å². The van der Waals surface area contributed by atoms with Crippen LogP contribution in [0.1, 0.15) is 27.6 Å². The van der Waals surface area contributed by atoms with E-state index in [1.54, 1.807) is 14.2 Å². The van der Waals surface area contributed by atoms with Crippen LogP contribution in [0.4, 0.5) is 0 Å². The standard InChI is InChI=1S/C17H19ClO2/c1-11-6-5-7-14(12(11)2)17(18)15-10-13(19-3)8-9-16(15)20-4/h5-10,17H,1-4H3. The number of halogens is 1. The lowest BCUT2D eigenvalue weighted by molar-refractivity contribution is 0.399. The summed E-state index contributed by atoms with van der Waals surface area (Å²) in [7, 11) is 3.30. The van der Waals surface area contributed by atoms with Gasteiger partial charge in [0.2, 0.25) is 0 Å². The van der Waals surface area contributed by atoms with Crippen molar-refractivity contribution in [1.82, 2.24) is 0 Å². The van der Waals surface area contributed by atoms with Gasteiger partial charge in [-0.15, -0.1) is 11.6 Å². The first kappa shape index (κ1) is 14.7. The minimum Gasteiger partial charge on any atom is -0.497 e. The first-order valence-electron chi connectivity index (χ1n) is 6.50. The van der Waals surface area contributed by atoms with Crippen molar-refractivity contribution >= 4 is 11.6 Å². The fourth-order valence-corrected chi connectivity index (χ4v) is 2.66. The maximum atomic E-state index is 6.69. The summed E-state index contributed by atoms with van der Waals surface area (Å²) in [6, 6.07) is 11.9. The van der Waals surface area contributed by atoms with E-state index in [0.717, 1.165) is 22.6 Å². The van der Waals surface area contributed by atoms with Crippen LogP contribution in [0.5, 0.6) is 11.5 Å². The molecule has 0 saturated heterocycles. The number of alkyl halides is 1. The van der Waals surface area contributed by atoms with Gasteiger partial charge >= 0.3 is 0 Å². The second-order valence-corrected chi connectivity index (χ2v) is 5.20. The number of methoxy groups -OCH3 is 2. The molecule has 0 fully saturated rings. The fourth-order valence-electron chi connectivity index (χ4n) is 2.25. The summed E-state index contributed by atoms with van der Waals surface area (Å²) in [5, 5.41) is -0.264. The van der Waals surface area contributed by atoms with Gasteiger partial charge in [-0.2, -0.15) is 0 Å². The molecule has 1 unspecified atom stereocenters. The first-order valence-corrected chi connectivity index (χ1v) is 6.94. The fraction of sp³-hybridized carbons (Fsp3) is 0.294. The molecular formula is C17H19ClO2. The van der Waals surface area contributed by atoms with E-state index in [2.05, 4.69) is 26.0 Å². The Kier molecular flexibility index (Phi) is 4.56. The summed E-state index contributed by atoms with van der Waals surface area (Å²) >= 11 is 6.69. The summed E-state index contributed by atoms with van der Waals surface area (Å²) in [5.41, 5.74) is 4.45. The van der Waals surface area contributed by atoms with E-state index in [0.29, 0.717) is 0 Å². The van der Waals surface area contributed by atoms with E-state index >= 15 is 0 Å². The van der Waals surface area contributed by atoms with Gasteiger partial charge in [0.1, 0.15) is 11.5 Å². The molecule has 0 amide bonds. The Balaban J connectivity index is 2.51. The molecule has 0 N–H and O–H groups in total. The second-order valence-electron chi connectivity index (χ2n) is 4.76. The Bertz CT molecular complexity index is 608. The monoisotopic (exact) mass is 290 g/mol. The van der Waals surface area contributed by atoms with Gasteiger partial charge < -0.3 is 9.47 Å². The van der Waals surface area contributed by atoms with Gasteiger partial charge in [0.25, 0.3) is 0 Å². The number of ether oxygens (including phenoxy) is 2. The first-order chi connectivity index (χ1) is 9.58. The number of aryl methyl sites for hydroxylation is 1. The predicted octanol–water partition coefficient (Wildman–Crippen LogP) is 4.65. The van der Waals surface area contributed by atoms with E-state index in [1.807, 2.05) is 24.3 Å². The number of hydrogen-bond acceptors (Lipinski definition) is 2. The zero-order valence-corrected chi connectivity index (χ0v) is 13.0. The summed E-state index contributed by atoms with van der Waals surface area (Å²) in [4.78, 5) is 0. The number of benzene rings is 2. The summed E-state index contributed by atoms with van der Waals surface area (Å²) in [6.07, 6.45) is 0. The van der Waals surface area contributed by atoms with Crippen molar-refractivity contribution in [2.75, 3.05) is 14.2 Å². The smallest absolute Gasteiger partial charge is 0.124 e. The Morgan fingerprint density at radius 1 is 0.950 bits per heavy atom. The molecule has 20 heavy (non-hydrogen) atoms. The van der Waals surface area contributed by atoms with Gasteiger partial charge in [-0.25, -0.2) is 0 Å². The zero-order chi connectivity index (χ0) is 14.7. The second kappa shape index (κ2) is 6.19. The highest BCUT2D eigenvalue weighted by Gasteiger charge is 2.19. The normalized spacial score (nSPS) is 12.1. The Labute approximate surface area is 125 Å². The van der Waals surface area contributed by atoms with Gasteiger partial charge in [0.15, 0.2) is 0 Å². The van der Waals surface area contributed by atoms with Gasteiger partial charge in [0.05, 0.1) is 19.6 Å². The van der Waals surface area contributed by atoms with E-state index in [1.165, 1.54) is 11.1 Å². The summed E-state index contributed by atoms with van der Waals surface area (Å²) < 4.78 is 10.7. The highest BCUT2D eigenvalue weighted by molar-refractivity contribution is 6.23. The van der Waals surface area contributed by atoms with E-state index < -0.39 is 0 Å². The molecule has 2 rings (SSSR count). The van der Waals surface area contributed by atoms with Crippen LogP contribution in [0.15, 0.2) is 36.4 Å². The predicted molar refractivity (Wildman–Crippen MR) is 83.2 cm³/mol. The molecule has 0 bridgehead atoms. The molecule has 3 heteroatoms. The average Bonchev–Trinajstić information content (AvgIpc) is 2.48. The lowest BCUT2D eigenvalue weighted by Gasteiger charge is -2.18. The minimum atomic E-state index is -0.264. The van der Waals surface area contributed by atoms with Crippen LogP contribution >= 0.6 is 11.6 Å². The van der Waals surface area contributed by atoms with Crippen LogP contribution in [0.3, 0.4) is 0 Å². The quantitative estimate of drug-likeness (QED) is 0.763. The third kappa shape index (κ3) is 2.75. The van der Waals surface area contributed by atoms with Gasteiger partial charge in [-0.05, 0) is 48.7 Å². The molecule has 0 aliphatic rings. The van der Waals surface area contributed by atoms with Gasteiger partial charge in [-0.1, -0.05) is 18.2 Å². The molecular weight excluding hydrogens is 272 g/mol. The highest BCUT2D eigenvalue weighted by atomic mass is 35.5. The SMILES string of the molecule is COc1ccc(OC)c(C(Cl)c2cccc(C)c2C)c1. The molecule has 2 aromatic carbocycles. The van der Waals surface area contributed by atoms with Crippen molar-refractivity contribution < 1.29 is 9.47 Å². The van der Waals surface area contributed by atoms with Gasteiger partial charge in [-0.3, -0.25) is 0 Å². The van der Waals surface area contributed by atoms with Crippen LogP contribution < -0.4 is 9.47 Å². The van der Waals surface area contributed by atoms with E-state index in [4.69, 9.17) is 21.1 Å². The highest BCUT2D eigenvalue weighted by Crippen LogP contribution is 2.38. The largest absolute Gasteiger partial charge is 0.497 e. The molecule has 0 saturated carbocycles. The lowest BCUT2D eigenvalue weighted by Crippen LogP contribution is -2.01. The Morgan fingerprint density at radius 3 is 2.35 bits per heavy atom. The molecule has 2 nitrogen and oxygen atoms in total. The van der Waals surface area contributed by atoms with E-state index in [-0.39, 0.29) is 5.38 Å². The van der Waals surface area contributed by atoms with Crippen LogP contribution in [0.25, 0.3) is 0 Å². The molecule has 2 aromatic rings. The van der Waals surface area contributed by atoms with Crippen molar-refractivity contribution in [3.63, 3.8) is 0 Å². The van der Waals surface area contributed by atoms with Crippen molar-refractivity contribution in [1.29, 1.82) is 0 Å². The third-order valence-corrected chi connectivity index (χ3v) is 4.10. The molecule has 0 aliphatic carbocycles. The van der Waals surface area contributed by atoms with Crippen LogP contribution in [-0.2, 0) is 0 Å². The van der Waals surface area contributed by atoms with Crippen LogP contribution in [0.2, 0.25) is 0 Å². The molecule has 0 aromatic heterocycles. The Hall–Kier alpha value is -1.67. The summed E-state index contributed by atoms with van der Waals surface area (Å²) in [6.45, 7) is 4.18. The Morgan fingerprint density at radius 2 is 1.70 bits per heavy atom. The average molecular weight is 291 g/mol. The topological polar surface area (TPSA) is 18.5 Å². The molecule has 106 valence electrons. The molecule has 1 atom stereocenters. The van der Waals surface area contributed by atoms with Crippen LogP contribution in [0, 0.1) is 13.8 Å². The summed E-state index contributed by atoms with van der Waals surface area (Å²) in [5.74, 6) is 1.54. The molecule has 0 heterocycles. The van der Waals surface area contributed by atoms with Crippen molar-refractivity contribution in [3.05, 3.63) is 58.7 Å². The molecule has 0 spiro atoms. The van der Waals surface area contributed by atoms with Crippen molar-refractivity contribution in [2.45, 2.75) is 19.2 Å². The lowest BCUT2D eigenvalue weighted by atomic mass is 9.96. The number of hydrogen-bond donors (Lipinski definition) is 0. The van der Waals surface area contributed by atoms with Crippen LogP contribution in [-0.4, -0.2) is 14.2 Å². The molecule has 0 aliphatic heterocycles. The minimum absolute atomic E-state index is 0.264. The van der Waals surface area contributed by atoms with E-state index in [9.17, 15) is 0 Å². The maximum absolute atomic E-state index is 6.69. The zero-order valence-electron chi connectivity index (χ0n) is 12.2. The third-order valence-electron chi connectivity index (χ3n) is 3.63. The maximum Gasteiger partial charge on any atom is 0.124 e.